The normalized spacial score (nSPS) is 14.8. The first-order valence-corrected chi connectivity index (χ1v) is 4.97. The molecule has 1 N–H and O–H groups in total. The second kappa shape index (κ2) is 7.35. The third-order valence-corrected chi connectivity index (χ3v) is 2.40. The summed E-state index contributed by atoms with van der Waals surface area (Å²) in [5.41, 5.74) is 1.32. The lowest BCUT2D eigenvalue weighted by molar-refractivity contribution is 0.341. The third-order valence-electron chi connectivity index (χ3n) is 2.40. The Labute approximate surface area is 76.5 Å². The molecule has 0 aromatic rings. The SMILES string of the molecule is CCC(C)CCC/C(C)=C/CO. The maximum Gasteiger partial charge on any atom is 0.0614 e. The van der Waals surface area contributed by atoms with Crippen LogP contribution >= 0.6 is 0 Å². The van der Waals surface area contributed by atoms with E-state index in [9.17, 15) is 0 Å². The van der Waals surface area contributed by atoms with Crippen molar-refractivity contribution in [2.75, 3.05) is 6.61 Å². The summed E-state index contributed by atoms with van der Waals surface area (Å²) in [5.74, 6) is 0.854. The lowest BCUT2D eigenvalue weighted by Gasteiger charge is -2.07. The van der Waals surface area contributed by atoms with E-state index >= 15 is 0 Å². The van der Waals surface area contributed by atoms with Gasteiger partial charge in [0.2, 0.25) is 0 Å². The van der Waals surface area contributed by atoms with Gasteiger partial charge in [-0.25, -0.2) is 0 Å². The molecular formula is C11H22O. The van der Waals surface area contributed by atoms with Gasteiger partial charge >= 0.3 is 0 Å². The largest absolute Gasteiger partial charge is 0.392 e. The number of aliphatic hydroxyl groups excluding tert-OH is 1. The summed E-state index contributed by atoms with van der Waals surface area (Å²) in [6, 6.07) is 0. The number of allylic oxidation sites excluding steroid dienone is 1. The molecule has 0 aliphatic rings. The molecule has 0 saturated carbocycles. The van der Waals surface area contributed by atoms with Crippen molar-refractivity contribution in [3.63, 3.8) is 0 Å². The van der Waals surface area contributed by atoms with Crippen molar-refractivity contribution in [1.82, 2.24) is 0 Å². The van der Waals surface area contributed by atoms with E-state index in [1.165, 1.54) is 24.8 Å². The van der Waals surface area contributed by atoms with Crippen LogP contribution in [0.4, 0.5) is 0 Å². The van der Waals surface area contributed by atoms with Crippen LogP contribution in [-0.2, 0) is 0 Å². The lowest BCUT2D eigenvalue weighted by atomic mass is 10.00. The summed E-state index contributed by atoms with van der Waals surface area (Å²) >= 11 is 0. The molecule has 0 heterocycles. The molecule has 0 bridgehead atoms. The Balaban J connectivity index is 3.36. The molecule has 0 aromatic heterocycles. The first-order valence-electron chi connectivity index (χ1n) is 4.97. The Morgan fingerprint density at radius 3 is 2.67 bits per heavy atom. The van der Waals surface area contributed by atoms with Crippen molar-refractivity contribution >= 4 is 0 Å². The Morgan fingerprint density at radius 1 is 1.50 bits per heavy atom. The van der Waals surface area contributed by atoms with Crippen LogP contribution in [0.3, 0.4) is 0 Å². The minimum Gasteiger partial charge on any atom is -0.392 e. The highest BCUT2D eigenvalue weighted by Crippen LogP contribution is 2.14. The van der Waals surface area contributed by atoms with Crippen LogP contribution in [0.1, 0.15) is 46.5 Å². The van der Waals surface area contributed by atoms with E-state index in [0.29, 0.717) is 0 Å². The molecule has 0 fully saturated rings. The number of rotatable bonds is 6. The van der Waals surface area contributed by atoms with E-state index in [2.05, 4.69) is 20.8 Å². The highest BCUT2D eigenvalue weighted by Gasteiger charge is 1.98. The molecule has 0 radical (unpaired) electrons. The van der Waals surface area contributed by atoms with Gasteiger partial charge in [-0.1, -0.05) is 38.3 Å². The van der Waals surface area contributed by atoms with Gasteiger partial charge in [-0.3, -0.25) is 0 Å². The zero-order valence-electron chi connectivity index (χ0n) is 8.64. The third kappa shape index (κ3) is 6.41. The van der Waals surface area contributed by atoms with Gasteiger partial charge in [0.25, 0.3) is 0 Å². The molecule has 72 valence electrons. The molecular weight excluding hydrogens is 148 g/mol. The Bertz CT molecular complexity index is 127. The fourth-order valence-corrected chi connectivity index (χ4v) is 1.19. The number of aliphatic hydroxyl groups is 1. The first kappa shape index (κ1) is 11.7. The molecule has 0 aliphatic carbocycles. The average molecular weight is 170 g/mol. The predicted molar refractivity (Wildman–Crippen MR) is 54.1 cm³/mol. The fourth-order valence-electron chi connectivity index (χ4n) is 1.19. The molecule has 1 atom stereocenters. The van der Waals surface area contributed by atoms with Crippen molar-refractivity contribution in [1.29, 1.82) is 0 Å². The molecule has 0 rings (SSSR count). The highest BCUT2D eigenvalue weighted by atomic mass is 16.2. The fraction of sp³-hybridized carbons (Fsp3) is 0.818. The van der Waals surface area contributed by atoms with E-state index in [1.807, 2.05) is 6.08 Å². The van der Waals surface area contributed by atoms with Crippen LogP contribution in [0.15, 0.2) is 11.6 Å². The topological polar surface area (TPSA) is 20.2 Å². The molecule has 0 aliphatic heterocycles. The monoisotopic (exact) mass is 170 g/mol. The van der Waals surface area contributed by atoms with Crippen molar-refractivity contribution in [2.45, 2.75) is 46.5 Å². The first-order chi connectivity index (χ1) is 5.70. The van der Waals surface area contributed by atoms with E-state index in [0.717, 1.165) is 12.3 Å². The van der Waals surface area contributed by atoms with E-state index in [4.69, 9.17) is 5.11 Å². The quantitative estimate of drug-likeness (QED) is 0.607. The van der Waals surface area contributed by atoms with Gasteiger partial charge in [-0.05, 0) is 25.7 Å². The second-order valence-corrected chi connectivity index (χ2v) is 3.64. The molecule has 0 amide bonds. The second-order valence-electron chi connectivity index (χ2n) is 3.64. The van der Waals surface area contributed by atoms with E-state index < -0.39 is 0 Å². The van der Waals surface area contributed by atoms with Crippen LogP contribution in [0.5, 0.6) is 0 Å². The van der Waals surface area contributed by atoms with Gasteiger partial charge in [0.1, 0.15) is 0 Å². The maximum atomic E-state index is 8.61. The summed E-state index contributed by atoms with van der Waals surface area (Å²) < 4.78 is 0. The summed E-state index contributed by atoms with van der Waals surface area (Å²) in [6.45, 7) is 6.81. The van der Waals surface area contributed by atoms with E-state index in [-0.39, 0.29) is 6.61 Å². The summed E-state index contributed by atoms with van der Waals surface area (Å²) in [6.07, 6.45) is 6.90. The molecule has 12 heavy (non-hydrogen) atoms. The molecule has 0 spiro atoms. The minimum absolute atomic E-state index is 0.190. The summed E-state index contributed by atoms with van der Waals surface area (Å²) in [5, 5.41) is 8.61. The van der Waals surface area contributed by atoms with Crippen LogP contribution in [0.25, 0.3) is 0 Å². The molecule has 1 nitrogen and oxygen atoms in total. The standard InChI is InChI=1S/C11H22O/c1-4-10(2)6-5-7-11(3)8-9-12/h8,10,12H,4-7,9H2,1-3H3/b11-8+. The van der Waals surface area contributed by atoms with Crippen LogP contribution in [0, 0.1) is 5.92 Å². The molecule has 0 saturated heterocycles. The zero-order valence-corrected chi connectivity index (χ0v) is 8.64. The molecule has 1 unspecified atom stereocenters. The van der Waals surface area contributed by atoms with Crippen LogP contribution in [0.2, 0.25) is 0 Å². The van der Waals surface area contributed by atoms with Crippen LogP contribution < -0.4 is 0 Å². The summed E-state index contributed by atoms with van der Waals surface area (Å²) in [7, 11) is 0. The Kier molecular flexibility index (Phi) is 7.17. The Morgan fingerprint density at radius 2 is 2.17 bits per heavy atom. The van der Waals surface area contributed by atoms with Crippen LogP contribution in [-0.4, -0.2) is 11.7 Å². The van der Waals surface area contributed by atoms with E-state index in [1.54, 1.807) is 0 Å². The van der Waals surface area contributed by atoms with Crippen molar-refractivity contribution in [2.24, 2.45) is 5.92 Å². The van der Waals surface area contributed by atoms with Gasteiger partial charge in [-0.15, -0.1) is 0 Å². The van der Waals surface area contributed by atoms with Gasteiger partial charge in [0.15, 0.2) is 0 Å². The molecule has 1 heteroatoms. The van der Waals surface area contributed by atoms with Crippen molar-refractivity contribution in [3.8, 4) is 0 Å². The number of hydrogen-bond donors (Lipinski definition) is 1. The van der Waals surface area contributed by atoms with Gasteiger partial charge in [-0.2, -0.15) is 0 Å². The maximum absolute atomic E-state index is 8.61. The average Bonchev–Trinajstić information content (AvgIpc) is 2.04. The highest BCUT2D eigenvalue weighted by molar-refractivity contribution is 4.97. The lowest BCUT2D eigenvalue weighted by Crippen LogP contribution is -1.92. The predicted octanol–water partition coefficient (Wildman–Crippen LogP) is 3.14. The summed E-state index contributed by atoms with van der Waals surface area (Å²) in [4.78, 5) is 0. The van der Waals surface area contributed by atoms with Crippen molar-refractivity contribution in [3.05, 3.63) is 11.6 Å². The van der Waals surface area contributed by atoms with Gasteiger partial charge in [0.05, 0.1) is 6.61 Å². The number of hydrogen-bond acceptors (Lipinski definition) is 1. The minimum atomic E-state index is 0.190. The van der Waals surface area contributed by atoms with Crippen molar-refractivity contribution < 1.29 is 5.11 Å². The smallest absolute Gasteiger partial charge is 0.0614 e. The van der Waals surface area contributed by atoms with Gasteiger partial charge < -0.3 is 5.11 Å². The molecule has 0 aromatic carbocycles. The Hall–Kier alpha value is -0.300. The van der Waals surface area contributed by atoms with Gasteiger partial charge in [0, 0.05) is 0 Å². The zero-order chi connectivity index (χ0) is 9.40.